The summed E-state index contributed by atoms with van der Waals surface area (Å²) < 4.78 is 5.78. The molecule has 19 heavy (non-hydrogen) atoms. The van der Waals surface area contributed by atoms with Gasteiger partial charge in [0.1, 0.15) is 11.9 Å². The van der Waals surface area contributed by atoms with Crippen LogP contribution < -0.4 is 10.5 Å². The Kier molecular flexibility index (Phi) is 4.88. The van der Waals surface area contributed by atoms with E-state index in [1.165, 1.54) is 6.07 Å². The number of nitrogens with zero attached hydrogens (tertiary/aromatic N) is 1. The van der Waals surface area contributed by atoms with Gasteiger partial charge in [0.05, 0.1) is 15.1 Å². The van der Waals surface area contributed by atoms with Crippen molar-refractivity contribution in [3.63, 3.8) is 0 Å². The van der Waals surface area contributed by atoms with E-state index < -0.39 is 0 Å². The highest BCUT2D eigenvalue weighted by Crippen LogP contribution is 2.35. The van der Waals surface area contributed by atoms with Gasteiger partial charge < -0.3 is 10.5 Å². The molecule has 100 valence electrons. The zero-order valence-corrected chi connectivity index (χ0v) is 12.1. The van der Waals surface area contributed by atoms with Crippen LogP contribution in [0.1, 0.15) is 11.7 Å². The minimum absolute atomic E-state index is 0.294. The molecule has 0 amide bonds. The van der Waals surface area contributed by atoms with E-state index in [-0.39, 0.29) is 6.10 Å². The molecule has 1 heterocycles. The van der Waals surface area contributed by atoms with Crippen LogP contribution in [-0.4, -0.2) is 11.5 Å². The average molecular weight is 318 g/mol. The van der Waals surface area contributed by atoms with Gasteiger partial charge in [-0.15, -0.1) is 0 Å². The van der Waals surface area contributed by atoms with E-state index in [0.29, 0.717) is 27.4 Å². The molecule has 2 aromatic rings. The molecule has 0 aliphatic rings. The Morgan fingerprint density at radius 1 is 1.16 bits per heavy atom. The second-order valence-corrected chi connectivity index (χ2v) is 5.05. The predicted molar refractivity (Wildman–Crippen MR) is 78.1 cm³/mol. The molecule has 0 radical (unpaired) electrons. The monoisotopic (exact) mass is 316 g/mol. The molecule has 3 nitrogen and oxygen atoms in total. The molecule has 2 N–H and O–H groups in total. The number of pyridine rings is 1. The molecule has 1 unspecified atom stereocenters. The minimum atomic E-state index is -0.344. The lowest BCUT2D eigenvalue weighted by atomic mass is 10.1. The fraction of sp³-hybridized carbons (Fsp3) is 0.154. The maximum absolute atomic E-state index is 6.07. The van der Waals surface area contributed by atoms with Gasteiger partial charge in [0, 0.05) is 30.6 Å². The van der Waals surface area contributed by atoms with Crippen LogP contribution in [0.4, 0.5) is 0 Å². The molecule has 0 saturated carbocycles. The summed E-state index contributed by atoms with van der Waals surface area (Å²) in [5.41, 5.74) is 6.58. The van der Waals surface area contributed by atoms with Gasteiger partial charge in [-0.2, -0.15) is 0 Å². The second kappa shape index (κ2) is 6.44. The van der Waals surface area contributed by atoms with Crippen molar-refractivity contribution in [3.05, 3.63) is 57.3 Å². The average Bonchev–Trinajstić information content (AvgIpc) is 2.42. The number of benzene rings is 1. The maximum Gasteiger partial charge on any atom is 0.140 e. The Morgan fingerprint density at radius 3 is 2.53 bits per heavy atom. The topological polar surface area (TPSA) is 48.1 Å². The van der Waals surface area contributed by atoms with E-state index in [2.05, 4.69) is 4.98 Å². The maximum atomic E-state index is 6.07. The van der Waals surface area contributed by atoms with Gasteiger partial charge in [-0.05, 0) is 12.1 Å². The SMILES string of the molecule is NCC(Oc1cc(Cl)c(Cl)cc1Cl)c1cccnc1. The zero-order chi connectivity index (χ0) is 13.8. The van der Waals surface area contributed by atoms with Crippen LogP contribution in [0.25, 0.3) is 0 Å². The van der Waals surface area contributed by atoms with Gasteiger partial charge >= 0.3 is 0 Å². The summed E-state index contributed by atoms with van der Waals surface area (Å²) in [4.78, 5) is 4.03. The van der Waals surface area contributed by atoms with Crippen molar-refractivity contribution in [2.24, 2.45) is 5.73 Å². The van der Waals surface area contributed by atoms with E-state index in [4.69, 9.17) is 45.3 Å². The molecular weight excluding hydrogens is 307 g/mol. The molecule has 0 spiro atoms. The Hall–Kier alpha value is -1.00. The second-order valence-electron chi connectivity index (χ2n) is 3.83. The molecule has 1 aromatic carbocycles. The van der Waals surface area contributed by atoms with E-state index in [0.717, 1.165) is 5.56 Å². The lowest BCUT2D eigenvalue weighted by Crippen LogP contribution is -2.18. The van der Waals surface area contributed by atoms with E-state index in [1.54, 1.807) is 18.5 Å². The van der Waals surface area contributed by atoms with Crippen molar-refractivity contribution in [3.8, 4) is 5.75 Å². The number of ether oxygens (including phenoxy) is 1. The molecule has 0 aliphatic heterocycles. The minimum Gasteiger partial charge on any atom is -0.483 e. The third-order valence-corrected chi connectivity index (χ3v) is 3.53. The summed E-state index contributed by atoms with van der Waals surface area (Å²) in [6, 6.07) is 6.82. The number of rotatable bonds is 4. The van der Waals surface area contributed by atoms with E-state index >= 15 is 0 Å². The van der Waals surface area contributed by atoms with Crippen LogP contribution >= 0.6 is 34.8 Å². The van der Waals surface area contributed by atoms with Gasteiger partial charge in [0.15, 0.2) is 0 Å². The highest BCUT2D eigenvalue weighted by atomic mass is 35.5. The predicted octanol–water partition coefficient (Wildman–Crippen LogP) is 4.12. The molecule has 1 aromatic heterocycles. The molecule has 2 rings (SSSR count). The summed E-state index contributed by atoms with van der Waals surface area (Å²) in [5.74, 6) is 0.440. The normalized spacial score (nSPS) is 12.2. The lowest BCUT2D eigenvalue weighted by molar-refractivity contribution is 0.214. The quantitative estimate of drug-likeness (QED) is 0.863. The van der Waals surface area contributed by atoms with Gasteiger partial charge in [-0.3, -0.25) is 4.98 Å². The molecule has 0 aliphatic carbocycles. The first-order valence-electron chi connectivity index (χ1n) is 5.53. The zero-order valence-electron chi connectivity index (χ0n) is 9.82. The van der Waals surface area contributed by atoms with Crippen molar-refractivity contribution in [2.45, 2.75) is 6.10 Å². The van der Waals surface area contributed by atoms with Gasteiger partial charge in [-0.1, -0.05) is 40.9 Å². The van der Waals surface area contributed by atoms with Crippen molar-refractivity contribution in [1.82, 2.24) is 4.98 Å². The number of hydrogen-bond acceptors (Lipinski definition) is 3. The number of nitrogens with two attached hydrogens (primary N) is 1. The standard InChI is InChI=1S/C13H11Cl3N2O/c14-9-4-11(16)12(5-10(9)15)19-13(6-17)8-2-1-3-18-7-8/h1-5,7,13H,6,17H2. The Labute approximate surface area is 126 Å². The third kappa shape index (κ3) is 3.51. The fourth-order valence-electron chi connectivity index (χ4n) is 1.57. The van der Waals surface area contributed by atoms with Crippen LogP contribution in [-0.2, 0) is 0 Å². The summed E-state index contributed by atoms with van der Waals surface area (Å²) >= 11 is 17.9. The van der Waals surface area contributed by atoms with Crippen LogP contribution in [0, 0.1) is 0 Å². The van der Waals surface area contributed by atoms with Crippen LogP contribution in [0.5, 0.6) is 5.75 Å². The lowest BCUT2D eigenvalue weighted by Gasteiger charge is -2.18. The molecule has 0 fully saturated rings. The molecule has 6 heteroatoms. The largest absolute Gasteiger partial charge is 0.483 e. The van der Waals surface area contributed by atoms with Crippen molar-refractivity contribution in [2.75, 3.05) is 6.54 Å². The fourth-order valence-corrected chi connectivity index (χ4v) is 2.15. The number of aromatic nitrogens is 1. The number of hydrogen-bond donors (Lipinski definition) is 1. The van der Waals surface area contributed by atoms with Gasteiger partial charge in [0.2, 0.25) is 0 Å². The highest BCUT2D eigenvalue weighted by Gasteiger charge is 2.15. The smallest absolute Gasteiger partial charge is 0.140 e. The summed E-state index contributed by atoms with van der Waals surface area (Å²) in [5, 5.41) is 1.14. The van der Waals surface area contributed by atoms with Crippen molar-refractivity contribution >= 4 is 34.8 Å². The summed E-state index contributed by atoms with van der Waals surface area (Å²) in [6.45, 7) is 0.294. The first kappa shape index (κ1) is 14.4. The summed E-state index contributed by atoms with van der Waals surface area (Å²) in [7, 11) is 0. The van der Waals surface area contributed by atoms with Gasteiger partial charge in [0.25, 0.3) is 0 Å². The van der Waals surface area contributed by atoms with Crippen LogP contribution in [0.15, 0.2) is 36.7 Å². The van der Waals surface area contributed by atoms with E-state index in [1.807, 2.05) is 12.1 Å². The first-order chi connectivity index (χ1) is 9.11. The summed E-state index contributed by atoms with van der Waals surface area (Å²) in [6.07, 6.45) is 3.04. The van der Waals surface area contributed by atoms with Crippen molar-refractivity contribution in [1.29, 1.82) is 0 Å². The van der Waals surface area contributed by atoms with Crippen LogP contribution in [0.2, 0.25) is 15.1 Å². The van der Waals surface area contributed by atoms with E-state index in [9.17, 15) is 0 Å². The molecule has 1 atom stereocenters. The Balaban J connectivity index is 2.26. The highest BCUT2D eigenvalue weighted by molar-refractivity contribution is 6.43. The molecular formula is C13H11Cl3N2O. The molecule has 0 bridgehead atoms. The van der Waals surface area contributed by atoms with Crippen LogP contribution in [0.3, 0.4) is 0 Å². The van der Waals surface area contributed by atoms with Crippen molar-refractivity contribution < 1.29 is 4.74 Å². The Bertz CT molecular complexity index is 563. The molecule has 0 saturated heterocycles. The Morgan fingerprint density at radius 2 is 1.89 bits per heavy atom. The number of halogens is 3. The first-order valence-corrected chi connectivity index (χ1v) is 6.66. The van der Waals surface area contributed by atoms with Gasteiger partial charge in [-0.25, -0.2) is 0 Å². The third-order valence-electron chi connectivity index (χ3n) is 2.51.